The third-order valence-corrected chi connectivity index (χ3v) is 3.43. The molecular formula is C12H22. The average molecular weight is 166 g/mol. The highest BCUT2D eigenvalue weighted by Crippen LogP contribution is 2.40. The van der Waals surface area contributed by atoms with Crippen LogP contribution in [-0.4, -0.2) is 0 Å². The summed E-state index contributed by atoms with van der Waals surface area (Å²) in [5.74, 6) is 2.58. The molecule has 1 aliphatic rings. The van der Waals surface area contributed by atoms with Crippen molar-refractivity contribution in [2.24, 2.45) is 23.2 Å². The van der Waals surface area contributed by atoms with Gasteiger partial charge in [0.15, 0.2) is 0 Å². The van der Waals surface area contributed by atoms with Crippen molar-refractivity contribution in [2.75, 3.05) is 0 Å². The molecule has 0 heteroatoms. The van der Waals surface area contributed by atoms with E-state index in [1.165, 1.54) is 6.42 Å². The molecule has 1 aliphatic carbocycles. The van der Waals surface area contributed by atoms with Crippen LogP contribution in [0.5, 0.6) is 0 Å². The van der Waals surface area contributed by atoms with E-state index in [2.05, 4.69) is 46.8 Å². The van der Waals surface area contributed by atoms with E-state index in [0.29, 0.717) is 5.41 Å². The first-order valence-electron chi connectivity index (χ1n) is 5.13. The Balaban J connectivity index is 2.43. The quantitative estimate of drug-likeness (QED) is 0.558. The van der Waals surface area contributed by atoms with Gasteiger partial charge in [-0.15, -0.1) is 0 Å². The van der Waals surface area contributed by atoms with Crippen molar-refractivity contribution in [1.82, 2.24) is 0 Å². The molecule has 1 saturated carbocycles. The maximum atomic E-state index is 2.42. The van der Waals surface area contributed by atoms with Crippen LogP contribution in [0.1, 0.15) is 41.0 Å². The summed E-state index contributed by atoms with van der Waals surface area (Å²) < 4.78 is 0. The van der Waals surface area contributed by atoms with Crippen molar-refractivity contribution in [1.29, 1.82) is 0 Å². The van der Waals surface area contributed by atoms with E-state index in [1.807, 2.05) is 0 Å². The van der Waals surface area contributed by atoms with Gasteiger partial charge in [0.1, 0.15) is 0 Å². The lowest BCUT2D eigenvalue weighted by Crippen LogP contribution is -2.15. The van der Waals surface area contributed by atoms with Crippen molar-refractivity contribution >= 4 is 0 Å². The normalized spacial score (nSPS) is 30.2. The number of rotatable bonds is 3. The summed E-state index contributed by atoms with van der Waals surface area (Å²) in [6.07, 6.45) is 6.24. The van der Waals surface area contributed by atoms with Gasteiger partial charge in [0.2, 0.25) is 0 Å². The van der Waals surface area contributed by atoms with Gasteiger partial charge < -0.3 is 0 Å². The van der Waals surface area contributed by atoms with Crippen LogP contribution in [0, 0.1) is 23.2 Å². The van der Waals surface area contributed by atoms with Crippen molar-refractivity contribution in [3.05, 3.63) is 12.2 Å². The van der Waals surface area contributed by atoms with Crippen molar-refractivity contribution in [3.63, 3.8) is 0 Å². The molecule has 0 amide bonds. The Kier molecular flexibility index (Phi) is 2.65. The number of hydrogen-bond acceptors (Lipinski definition) is 0. The zero-order valence-electron chi connectivity index (χ0n) is 9.09. The van der Waals surface area contributed by atoms with Gasteiger partial charge in [0.25, 0.3) is 0 Å². The maximum Gasteiger partial charge on any atom is -0.0152 e. The molecule has 0 aromatic heterocycles. The molecular weight excluding hydrogens is 144 g/mol. The summed E-state index contributed by atoms with van der Waals surface area (Å²) in [7, 11) is 0. The fourth-order valence-corrected chi connectivity index (χ4v) is 1.18. The third-order valence-electron chi connectivity index (χ3n) is 3.43. The van der Waals surface area contributed by atoms with Gasteiger partial charge in [0, 0.05) is 0 Å². The van der Waals surface area contributed by atoms with E-state index in [0.717, 1.165) is 17.8 Å². The van der Waals surface area contributed by atoms with Crippen molar-refractivity contribution in [2.45, 2.75) is 41.0 Å². The van der Waals surface area contributed by atoms with E-state index in [-0.39, 0.29) is 0 Å². The molecule has 0 aromatic carbocycles. The fraction of sp³-hybridized carbons (Fsp3) is 0.833. The average Bonchev–Trinajstić information content (AvgIpc) is 2.62. The van der Waals surface area contributed by atoms with Gasteiger partial charge in [-0.3, -0.25) is 0 Å². The van der Waals surface area contributed by atoms with Crippen LogP contribution in [0.3, 0.4) is 0 Å². The van der Waals surface area contributed by atoms with Crippen LogP contribution >= 0.6 is 0 Å². The van der Waals surface area contributed by atoms with E-state index >= 15 is 0 Å². The molecule has 70 valence electrons. The fourth-order valence-electron chi connectivity index (χ4n) is 1.18. The minimum atomic E-state index is 0.377. The van der Waals surface area contributed by atoms with E-state index in [4.69, 9.17) is 0 Å². The zero-order chi connectivity index (χ0) is 9.35. The Morgan fingerprint density at radius 1 is 1.33 bits per heavy atom. The Labute approximate surface area is 77.1 Å². The minimum absolute atomic E-state index is 0.377. The summed E-state index contributed by atoms with van der Waals surface area (Å²) in [4.78, 5) is 0. The van der Waals surface area contributed by atoms with Crippen LogP contribution in [-0.2, 0) is 0 Å². The Hall–Kier alpha value is -0.260. The summed E-state index contributed by atoms with van der Waals surface area (Å²) in [6, 6.07) is 0. The standard InChI is InChI=1S/C12H22/c1-9(2)12(4,5)7-6-11-8-10(11)3/h6-7,9-11H,8H2,1-5H3. The Morgan fingerprint density at radius 3 is 2.17 bits per heavy atom. The van der Waals surface area contributed by atoms with Crippen LogP contribution in [0.25, 0.3) is 0 Å². The first-order chi connectivity index (χ1) is 5.43. The molecule has 0 N–H and O–H groups in total. The molecule has 1 rings (SSSR count). The van der Waals surface area contributed by atoms with Crippen molar-refractivity contribution < 1.29 is 0 Å². The molecule has 2 atom stereocenters. The second kappa shape index (κ2) is 3.24. The largest absolute Gasteiger partial charge is 0.0846 e. The van der Waals surface area contributed by atoms with Gasteiger partial charge in [-0.2, -0.15) is 0 Å². The highest BCUT2D eigenvalue weighted by molar-refractivity contribution is 5.05. The van der Waals surface area contributed by atoms with E-state index in [1.54, 1.807) is 0 Å². The second-order valence-electron chi connectivity index (χ2n) is 5.21. The van der Waals surface area contributed by atoms with Crippen molar-refractivity contribution in [3.8, 4) is 0 Å². The Morgan fingerprint density at radius 2 is 1.83 bits per heavy atom. The zero-order valence-corrected chi connectivity index (χ0v) is 9.09. The highest BCUT2D eigenvalue weighted by Gasteiger charge is 2.30. The van der Waals surface area contributed by atoms with Gasteiger partial charge >= 0.3 is 0 Å². The number of hydrogen-bond donors (Lipinski definition) is 0. The monoisotopic (exact) mass is 166 g/mol. The molecule has 0 radical (unpaired) electrons. The molecule has 1 fully saturated rings. The molecule has 0 bridgehead atoms. The second-order valence-corrected chi connectivity index (χ2v) is 5.21. The van der Waals surface area contributed by atoms with Gasteiger partial charge in [-0.25, -0.2) is 0 Å². The van der Waals surface area contributed by atoms with E-state index in [9.17, 15) is 0 Å². The molecule has 0 spiro atoms. The highest BCUT2D eigenvalue weighted by atomic mass is 14.4. The van der Waals surface area contributed by atoms with E-state index < -0.39 is 0 Å². The molecule has 0 heterocycles. The van der Waals surface area contributed by atoms with Crippen LogP contribution in [0.4, 0.5) is 0 Å². The molecule has 12 heavy (non-hydrogen) atoms. The summed E-state index contributed by atoms with van der Waals surface area (Å²) in [5.41, 5.74) is 0.377. The lowest BCUT2D eigenvalue weighted by Gasteiger charge is -2.25. The minimum Gasteiger partial charge on any atom is -0.0846 e. The SMILES string of the molecule is CC1CC1C=CC(C)(C)C(C)C. The lowest BCUT2D eigenvalue weighted by molar-refractivity contribution is 0.332. The predicted molar refractivity (Wildman–Crippen MR) is 55.0 cm³/mol. The van der Waals surface area contributed by atoms with Gasteiger partial charge in [-0.05, 0) is 29.6 Å². The van der Waals surface area contributed by atoms with Gasteiger partial charge in [0.05, 0.1) is 0 Å². The summed E-state index contributed by atoms with van der Waals surface area (Å²) in [5, 5.41) is 0. The Bertz CT molecular complexity index is 174. The van der Waals surface area contributed by atoms with Gasteiger partial charge in [-0.1, -0.05) is 46.8 Å². The molecule has 0 aromatic rings. The van der Waals surface area contributed by atoms with Crippen LogP contribution in [0.2, 0.25) is 0 Å². The molecule has 0 aliphatic heterocycles. The molecule has 0 nitrogen and oxygen atoms in total. The third kappa shape index (κ3) is 2.36. The smallest absolute Gasteiger partial charge is 0.0152 e. The maximum absolute atomic E-state index is 2.42. The number of allylic oxidation sites excluding steroid dienone is 2. The first-order valence-corrected chi connectivity index (χ1v) is 5.13. The lowest BCUT2D eigenvalue weighted by atomic mass is 9.81. The molecule has 2 unspecified atom stereocenters. The first kappa shape index (κ1) is 9.83. The van der Waals surface area contributed by atoms with Crippen LogP contribution < -0.4 is 0 Å². The van der Waals surface area contributed by atoms with Crippen LogP contribution in [0.15, 0.2) is 12.2 Å². The molecule has 0 saturated heterocycles. The topological polar surface area (TPSA) is 0 Å². The summed E-state index contributed by atoms with van der Waals surface area (Å²) in [6.45, 7) is 11.6. The summed E-state index contributed by atoms with van der Waals surface area (Å²) >= 11 is 0. The predicted octanol–water partition coefficient (Wildman–Crippen LogP) is 3.88.